The monoisotopic (exact) mass is 358 g/mol. The van der Waals surface area contributed by atoms with Crippen molar-refractivity contribution in [3.05, 3.63) is 53.8 Å². The number of carbonyl (C=O) groups excluding carboxylic acids is 1. The molecule has 2 N–H and O–H groups in total. The molecule has 0 bridgehead atoms. The van der Waals surface area contributed by atoms with E-state index in [1.54, 1.807) is 19.2 Å². The van der Waals surface area contributed by atoms with Crippen molar-refractivity contribution < 1.29 is 18.8 Å². The molecule has 1 saturated heterocycles. The number of ether oxygens (including phenoxy) is 1. The third kappa shape index (κ3) is 4.52. The zero-order valence-electron chi connectivity index (χ0n) is 15.2. The highest BCUT2D eigenvalue weighted by Gasteiger charge is 2.22. The summed E-state index contributed by atoms with van der Waals surface area (Å²) in [6.07, 6.45) is 0. The zero-order chi connectivity index (χ0) is 18.5. The summed E-state index contributed by atoms with van der Waals surface area (Å²) in [4.78, 5) is 15.7. The van der Waals surface area contributed by atoms with Crippen molar-refractivity contribution >= 4 is 17.3 Å². The summed E-state index contributed by atoms with van der Waals surface area (Å²) in [7, 11) is 1.66. The van der Waals surface area contributed by atoms with E-state index in [1.807, 2.05) is 19.1 Å². The molecule has 138 valence electrons. The topological polar surface area (TPSA) is 46.0 Å². The van der Waals surface area contributed by atoms with Crippen LogP contribution in [0.4, 0.5) is 15.8 Å². The third-order valence-corrected chi connectivity index (χ3v) is 4.72. The van der Waals surface area contributed by atoms with Gasteiger partial charge in [-0.15, -0.1) is 0 Å². The SMILES string of the molecule is COc1ccc(N2CC[NH+](CC(=O)Nc3ccc(C)cc3F)CC2)cc1. The van der Waals surface area contributed by atoms with Gasteiger partial charge in [-0.1, -0.05) is 6.07 Å². The molecule has 1 heterocycles. The average molecular weight is 358 g/mol. The maximum atomic E-state index is 13.8. The minimum atomic E-state index is -0.391. The van der Waals surface area contributed by atoms with Gasteiger partial charge in [0.15, 0.2) is 6.54 Å². The van der Waals surface area contributed by atoms with E-state index in [0.717, 1.165) is 43.2 Å². The van der Waals surface area contributed by atoms with Crippen molar-refractivity contribution in [1.82, 2.24) is 0 Å². The van der Waals surface area contributed by atoms with Crippen LogP contribution in [0.2, 0.25) is 0 Å². The first kappa shape index (κ1) is 18.2. The molecule has 0 saturated carbocycles. The molecule has 5 nitrogen and oxygen atoms in total. The molecule has 1 amide bonds. The molecular formula is C20H25FN3O2+. The Kier molecular flexibility index (Phi) is 5.73. The Bertz CT molecular complexity index is 756. The van der Waals surface area contributed by atoms with Gasteiger partial charge in [-0.3, -0.25) is 4.79 Å². The molecule has 1 fully saturated rings. The Morgan fingerprint density at radius 2 is 1.88 bits per heavy atom. The van der Waals surface area contributed by atoms with Crippen LogP contribution in [0.5, 0.6) is 5.75 Å². The van der Waals surface area contributed by atoms with Crippen LogP contribution in [0.15, 0.2) is 42.5 Å². The Morgan fingerprint density at radius 3 is 2.50 bits per heavy atom. The first-order valence-corrected chi connectivity index (χ1v) is 8.84. The van der Waals surface area contributed by atoms with Crippen LogP contribution >= 0.6 is 0 Å². The van der Waals surface area contributed by atoms with E-state index in [4.69, 9.17) is 4.74 Å². The number of rotatable bonds is 5. The summed E-state index contributed by atoms with van der Waals surface area (Å²) in [5, 5.41) is 2.68. The number of anilines is 2. The van der Waals surface area contributed by atoms with Crippen LogP contribution in [0.25, 0.3) is 0 Å². The van der Waals surface area contributed by atoms with E-state index in [2.05, 4.69) is 22.3 Å². The first-order chi connectivity index (χ1) is 12.5. The summed E-state index contributed by atoms with van der Waals surface area (Å²) in [6.45, 7) is 5.68. The molecule has 2 aromatic rings. The number of aryl methyl sites for hydroxylation is 1. The fourth-order valence-corrected chi connectivity index (χ4v) is 3.19. The molecule has 0 aliphatic carbocycles. The van der Waals surface area contributed by atoms with Gasteiger partial charge < -0.3 is 19.9 Å². The molecule has 0 aromatic heterocycles. The minimum absolute atomic E-state index is 0.152. The maximum absolute atomic E-state index is 13.8. The van der Waals surface area contributed by atoms with Crippen molar-refractivity contribution in [2.24, 2.45) is 0 Å². The van der Waals surface area contributed by atoms with Gasteiger partial charge in [0.2, 0.25) is 0 Å². The van der Waals surface area contributed by atoms with Crippen LogP contribution in [-0.2, 0) is 4.79 Å². The molecule has 0 unspecified atom stereocenters. The molecule has 6 heteroatoms. The van der Waals surface area contributed by atoms with Crippen molar-refractivity contribution in [3.8, 4) is 5.75 Å². The van der Waals surface area contributed by atoms with E-state index < -0.39 is 5.82 Å². The number of nitrogens with one attached hydrogen (secondary N) is 2. The van der Waals surface area contributed by atoms with Gasteiger partial charge in [-0.25, -0.2) is 4.39 Å². The number of halogens is 1. The average Bonchev–Trinajstić information content (AvgIpc) is 2.65. The molecular weight excluding hydrogens is 333 g/mol. The van der Waals surface area contributed by atoms with Crippen LogP contribution in [-0.4, -0.2) is 45.7 Å². The highest BCUT2D eigenvalue weighted by molar-refractivity contribution is 5.91. The summed E-state index contributed by atoms with van der Waals surface area (Å²) < 4.78 is 19.0. The molecule has 0 atom stereocenters. The largest absolute Gasteiger partial charge is 0.497 e. The third-order valence-electron chi connectivity index (χ3n) is 4.72. The fourth-order valence-electron chi connectivity index (χ4n) is 3.19. The van der Waals surface area contributed by atoms with Crippen LogP contribution in [0.1, 0.15) is 5.56 Å². The van der Waals surface area contributed by atoms with Crippen LogP contribution < -0.4 is 19.9 Å². The second-order valence-electron chi connectivity index (χ2n) is 6.64. The van der Waals surface area contributed by atoms with Crippen LogP contribution in [0, 0.1) is 12.7 Å². The summed E-state index contributed by atoms with van der Waals surface area (Å²) in [6, 6.07) is 12.8. The van der Waals surface area contributed by atoms with E-state index >= 15 is 0 Å². The fraction of sp³-hybridized carbons (Fsp3) is 0.350. The van der Waals surface area contributed by atoms with Crippen LogP contribution in [0.3, 0.4) is 0 Å². The van der Waals surface area contributed by atoms with Crippen molar-refractivity contribution in [2.45, 2.75) is 6.92 Å². The number of amides is 1. The quantitative estimate of drug-likeness (QED) is 0.851. The highest BCUT2D eigenvalue weighted by Crippen LogP contribution is 2.19. The lowest BCUT2D eigenvalue weighted by atomic mass is 10.2. The zero-order valence-corrected chi connectivity index (χ0v) is 15.2. The molecule has 0 spiro atoms. The van der Waals surface area contributed by atoms with E-state index in [0.29, 0.717) is 6.54 Å². The molecule has 2 aromatic carbocycles. The van der Waals surface area contributed by atoms with Gasteiger partial charge in [0, 0.05) is 5.69 Å². The van der Waals surface area contributed by atoms with Gasteiger partial charge in [0.1, 0.15) is 11.6 Å². The lowest BCUT2D eigenvalue weighted by molar-refractivity contribution is -0.892. The van der Waals surface area contributed by atoms with Gasteiger partial charge in [-0.2, -0.15) is 0 Å². The number of piperazine rings is 1. The number of quaternary nitrogens is 1. The van der Waals surface area contributed by atoms with Crippen molar-refractivity contribution in [3.63, 3.8) is 0 Å². The van der Waals surface area contributed by atoms with Gasteiger partial charge in [0.25, 0.3) is 5.91 Å². The Balaban J connectivity index is 1.49. The van der Waals surface area contributed by atoms with E-state index in [9.17, 15) is 9.18 Å². The minimum Gasteiger partial charge on any atom is -0.497 e. The lowest BCUT2D eigenvalue weighted by Crippen LogP contribution is -3.15. The number of hydrogen-bond acceptors (Lipinski definition) is 3. The Hall–Kier alpha value is -2.60. The summed E-state index contributed by atoms with van der Waals surface area (Å²) in [5.41, 5.74) is 2.24. The molecule has 1 aliphatic heterocycles. The molecule has 1 aliphatic rings. The maximum Gasteiger partial charge on any atom is 0.279 e. The summed E-state index contributed by atoms with van der Waals surface area (Å²) >= 11 is 0. The first-order valence-electron chi connectivity index (χ1n) is 8.84. The second kappa shape index (κ2) is 8.19. The van der Waals surface area contributed by atoms with Gasteiger partial charge >= 0.3 is 0 Å². The second-order valence-corrected chi connectivity index (χ2v) is 6.64. The predicted molar refractivity (Wildman–Crippen MR) is 101 cm³/mol. The predicted octanol–water partition coefficient (Wildman–Crippen LogP) is 1.49. The molecule has 0 radical (unpaired) electrons. The highest BCUT2D eigenvalue weighted by atomic mass is 19.1. The number of methoxy groups -OCH3 is 1. The van der Waals surface area contributed by atoms with Gasteiger partial charge in [0.05, 0.1) is 39.0 Å². The summed E-state index contributed by atoms with van der Waals surface area (Å²) in [5.74, 6) is 0.302. The molecule has 3 rings (SSSR count). The lowest BCUT2D eigenvalue weighted by Gasteiger charge is -2.33. The number of nitrogens with zero attached hydrogens (tertiary/aromatic N) is 1. The van der Waals surface area contributed by atoms with Crippen molar-refractivity contribution in [2.75, 3.05) is 50.1 Å². The van der Waals surface area contributed by atoms with Gasteiger partial charge in [-0.05, 0) is 48.9 Å². The van der Waals surface area contributed by atoms with E-state index in [1.165, 1.54) is 11.0 Å². The van der Waals surface area contributed by atoms with Crippen molar-refractivity contribution in [1.29, 1.82) is 0 Å². The number of carbonyl (C=O) groups is 1. The number of hydrogen-bond donors (Lipinski definition) is 2. The van der Waals surface area contributed by atoms with E-state index in [-0.39, 0.29) is 11.6 Å². The number of benzene rings is 2. The molecule has 26 heavy (non-hydrogen) atoms. The standard InChI is InChI=1S/C20H24FN3O2/c1-15-3-8-19(18(21)13-15)22-20(25)14-23-9-11-24(12-10-23)16-4-6-17(26-2)7-5-16/h3-8,13H,9-12,14H2,1-2H3,(H,22,25)/p+1. The normalized spacial score (nSPS) is 15.0. The Morgan fingerprint density at radius 1 is 1.19 bits per heavy atom. The smallest absolute Gasteiger partial charge is 0.279 e. The Labute approximate surface area is 153 Å².